The molecule has 1 aliphatic rings. The molecule has 0 saturated carbocycles. The number of likely N-dealkylation sites (tertiary alicyclic amines) is 1. The molecule has 0 aromatic heterocycles. The van der Waals surface area contributed by atoms with Crippen molar-refractivity contribution >= 4 is 5.91 Å². The van der Waals surface area contributed by atoms with Crippen LogP contribution in [0.5, 0.6) is 5.75 Å². The van der Waals surface area contributed by atoms with Crippen LogP contribution in [0.3, 0.4) is 0 Å². The van der Waals surface area contributed by atoms with Gasteiger partial charge in [0.05, 0.1) is 0 Å². The number of alkyl halides is 3. The first-order valence-corrected chi connectivity index (χ1v) is 7.18. The highest BCUT2D eigenvalue weighted by atomic mass is 19.4. The lowest BCUT2D eigenvalue weighted by atomic mass is 9.91. The highest BCUT2D eigenvalue weighted by molar-refractivity contribution is 5.77. The molecular formula is C15H17F4NO3. The zero-order chi connectivity index (χ0) is 17.0. The van der Waals surface area contributed by atoms with Gasteiger partial charge in [-0.05, 0) is 43.0 Å². The number of carbonyl (C=O) groups excluding carboxylic acids is 1. The fraction of sp³-hybridized carbons (Fsp3) is 0.533. The minimum absolute atomic E-state index is 0.0863. The van der Waals surface area contributed by atoms with Gasteiger partial charge in [0.25, 0.3) is 5.91 Å². The topological polar surface area (TPSA) is 49.8 Å². The number of carbonyl (C=O) groups is 1. The van der Waals surface area contributed by atoms with E-state index in [1.807, 2.05) is 0 Å². The number of aliphatic hydroxyl groups is 1. The highest BCUT2D eigenvalue weighted by Gasteiger charge is 2.44. The van der Waals surface area contributed by atoms with Gasteiger partial charge in [-0.2, -0.15) is 13.2 Å². The number of amides is 1. The Hall–Kier alpha value is -1.83. The maximum Gasteiger partial charge on any atom is 0.414 e. The average Bonchev–Trinajstić information content (AvgIpc) is 2.52. The molecule has 1 N–H and O–H groups in total. The van der Waals surface area contributed by atoms with E-state index in [4.69, 9.17) is 4.74 Å². The van der Waals surface area contributed by atoms with Crippen molar-refractivity contribution in [2.24, 2.45) is 5.92 Å². The third kappa shape index (κ3) is 4.82. The van der Waals surface area contributed by atoms with Crippen LogP contribution in [-0.4, -0.2) is 47.9 Å². The first-order chi connectivity index (χ1) is 10.8. The van der Waals surface area contributed by atoms with E-state index in [0.29, 0.717) is 5.75 Å². The van der Waals surface area contributed by atoms with E-state index < -0.39 is 24.0 Å². The smallest absolute Gasteiger partial charge is 0.414 e. The van der Waals surface area contributed by atoms with Crippen LogP contribution >= 0.6 is 0 Å². The molecule has 23 heavy (non-hydrogen) atoms. The van der Waals surface area contributed by atoms with Crippen LogP contribution in [0.4, 0.5) is 17.6 Å². The third-order valence-corrected chi connectivity index (χ3v) is 3.85. The first kappa shape index (κ1) is 17.5. The monoisotopic (exact) mass is 335 g/mol. The standard InChI is InChI=1S/C15H17F4NO3/c16-11-1-3-12(4-2-11)23-9-13(21)20-7-5-10(6-8-20)14(22)15(17,18)19/h1-4,10,14,22H,5-9H2. The zero-order valence-corrected chi connectivity index (χ0v) is 12.2. The van der Waals surface area contributed by atoms with Crippen LogP contribution in [0, 0.1) is 11.7 Å². The number of benzene rings is 1. The molecule has 1 unspecified atom stereocenters. The molecule has 1 heterocycles. The molecule has 1 saturated heterocycles. The lowest BCUT2D eigenvalue weighted by molar-refractivity contribution is -0.223. The fourth-order valence-electron chi connectivity index (χ4n) is 2.50. The van der Waals surface area contributed by atoms with E-state index in [1.165, 1.54) is 29.2 Å². The van der Waals surface area contributed by atoms with E-state index in [0.717, 1.165) is 0 Å². The van der Waals surface area contributed by atoms with Gasteiger partial charge in [-0.1, -0.05) is 0 Å². The molecule has 1 aromatic rings. The molecule has 2 rings (SSSR count). The van der Waals surface area contributed by atoms with Crippen molar-refractivity contribution in [2.75, 3.05) is 19.7 Å². The summed E-state index contributed by atoms with van der Waals surface area (Å²) in [6.45, 7) is 0.0188. The molecule has 1 aliphatic heterocycles. The molecule has 0 spiro atoms. The molecule has 4 nitrogen and oxygen atoms in total. The van der Waals surface area contributed by atoms with E-state index in [-0.39, 0.29) is 38.4 Å². The molecule has 0 aliphatic carbocycles. The van der Waals surface area contributed by atoms with Crippen molar-refractivity contribution in [3.8, 4) is 5.75 Å². The minimum Gasteiger partial charge on any atom is -0.484 e. The Morgan fingerprint density at radius 2 is 1.83 bits per heavy atom. The van der Waals surface area contributed by atoms with Gasteiger partial charge in [-0.15, -0.1) is 0 Å². The molecule has 1 amide bonds. The summed E-state index contributed by atoms with van der Waals surface area (Å²) in [6, 6.07) is 5.16. The minimum atomic E-state index is -4.64. The Kier molecular flexibility index (Phi) is 5.46. The molecule has 8 heteroatoms. The predicted molar refractivity (Wildman–Crippen MR) is 73.3 cm³/mol. The number of rotatable bonds is 4. The van der Waals surface area contributed by atoms with E-state index in [9.17, 15) is 27.5 Å². The summed E-state index contributed by atoms with van der Waals surface area (Å²) in [6.07, 6.45) is -6.82. The van der Waals surface area contributed by atoms with Crippen LogP contribution in [0.15, 0.2) is 24.3 Å². The first-order valence-electron chi connectivity index (χ1n) is 7.18. The molecule has 0 bridgehead atoms. The largest absolute Gasteiger partial charge is 0.484 e. The lowest BCUT2D eigenvalue weighted by Gasteiger charge is -2.34. The molecule has 128 valence electrons. The number of ether oxygens (including phenoxy) is 1. The number of hydrogen-bond donors (Lipinski definition) is 1. The van der Waals surface area contributed by atoms with Gasteiger partial charge >= 0.3 is 6.18 Å². The zero-order valence-electron chi connectivity index (χ0n) is 12.2. The maximum atomic E-state index is 12.7. The summed E-state index contributed by atoms with van der Waals surface area (Å²) in [5, 5.41) is 9.23. The molecule has 1 fully saturated rings. The van der Waals surface area contributed by atoms with Gasteiger partial charge in [0.2, 0.25) is 0 Å². The Bertz CT molecular complexity index is 525. The number of nitrogens with zero attached hydrogens (tertiary/aromatic N) is 1. The molecule has 0 radical (unpaired) electrons. The summed E-state index contributed by atoms with van der Waals surface area (Å²) >= 11 is 0. The maximum absolute atomic E-state index is 12.7. The van der Waals surface area contributed by atoms with Crippen LogP contribution in [0.1, 0.15) is 12.8 Å². The SMILES string of the molecule is O=C(COc1ccc(F)cc1)N1CCC(C(O)C(F)(F)F)CC1. The van der Waals surface area contributed by atoms with Crippen LogP contribution < -0.4 is 4.74 Å². The van der Waals surface area contributed by atoms with Gasteiger partial charge in [0, 0.05) is 13.1 Å². The van der Waals surface area contributed by atoms with Crippen molar-refractivity contribution in [3.63, 3.8) is 0 Å². The summed E-state index contributed by atoms with van der Waals surface area (Å²) < 4.78 is 55.3. The summed E-state index contributed by atoms with van der Waals surface area (Å²) in [5.74, 6) is -1.33. The number of halogens is 4. The van der Waals surface area contributed by atoms with E-state index in [1.54, 1.807) is 0 Å². The third-order valence-electron chi connectivity index (χ3n) is 3.85. The Morgan fingerprint density at radius 1 is 1.26 bits per heavy atom. The predicted octanol–water partition coefficient (Wildman–Crippen LogP) is 2.37. The van der Waals surface area contributed by atoms with Crippen LogP contribution in [0.2, 0.25) is 0 Å². The van der Waals surface area contributed by atoms with Gasteiger partial charge in [0.15, 0.2) is 12.7 Å². The Balaban J connectivity index is 1.78. The summed E-state index contributed by atoms with van der Waals surface area (Å²) in [5.41, 5.74) is 0. The van der Waals surface area contributed by atoms with Crippen LogP contribution in [0.25, 0.3) is 0 Å². The van der Waals surface area contributed by atoms with Crippen molar-refractivity contribution in [2.45, 2.75) is 25.1 Å². The lowest BCUT2D eigenvalue weighted by Crippen LogP contribution is -2.46. The van der Waals surface area contributed by atoms with Gasteiger partial charge < -0.3 is 14.7 Å². The Morgan fingerprint density at radius 3 is 2.35 bits per heavy atom. The number of aliphatic hydroxyl groups excluding tert-OH is 1. The second-order valence-corrected chi connectivity index (χ2v) is 5.45. The molecule has 1 aromatic carbocycles. The number of hydrogen-bond acceptors (Lipinski definition) is 3. The quantitative estimate of drug-likeness (QED) is 0.860. The van der Waals surface area contributed by atoms with Gasteiger partial charge in [-0.3, -0.25) is 4.79 Å². The van der Waals surface area contributed by atoms with Crippen LogP contribution in [-0.2, 0) is 4.79 Å². The Labute approximate surface area is 130 Å². The average molecular weight is 335 g/mol. The van der Waals surface area contributed by atoms with E-state index >= 15 is 0 Å². The van der Waals surface area contributed by atoms with Crippen molar-refractivity contribution < 1.29 is 32.2 Å². The fourth-order valence-corrected chi connectivity index (χ4v) is 2.50. The highest BCUT2D eigenvalue weighted by Crippen LogP contribution is 2.31. The summed E-state index contributed by atoms with van der Waals surface area (Å²) in [7, 11) is 0. The molecule has 1 atom stereocenters. The molecular weight excluding hydrogens is 318 g/mol. The summed E-state index contributed by atoms with van der Waals surface area (Å²) in [4.78, 5) is 13.4. The number of piperidine rings is 1. The van der Waals surface area contributed by atoms with Gasteiger partial charge in [0.1, 0.15) is 11.6 Å². The van der Waals surface area contributed by atoms with Crippen molar-refractivity contribution in [3.05, 3.63) is 30.1 Å². The second-order valence-electron chi connectivity index (χ2n) is 5.45. The normalized spacial score (nSPS) is 17.9. The van der Waals surface area contributed by atoms with E-state index in [2.05, 4.69) is 0 Å². The van der Waals surface area contributed by atoms with Crippen molar-refractivity contribution in [1.29, 1.82) is 0 Å². The van der Waals surface area contributed by atoms with Gasteiger partial charge in [-0.25, -0.2) is 4.39 Å². The second kappa shape index (κ2) is 7.16. The van der Waals surface area contributed by atoms with Crippen molar-refractivity contribution in [1.82, 2.24) is 4.90 Å².